The number of halogens is 1. The normalized spacial score (nSPS) is 16.3. The fourth-order valence-electron chi connectivity index (χ4n) is 3.27. The third-order valence-electron chi connectivity index (χ3n) is 4.63. The number of nitrogens with zero attached hydrogens (tertiary/aromatic N) is 2. The number of para-hydroxylation sites is 1. The van der Waals surface area contributed by atoms with Crippen LogP contribution in [-0.4, -0.2) is 21.7 Å². The van der Waals surface area contributed by atoms with Crippen molar-refractivity contribution in [2.24, 2.45) is 5.10 Å². The summed E-state index contributed by atoms with van der Waals surface area (Å²) in [6.07, 6.45) is 0.512. The van der Waals surface area contributed by atoms with Gasteiger partial charge in [0.15, 0.2) is 0 Å². The molecule has 0 saturated carbocycles. The number of phenols is 1. The van der Waals surface area contributed by atoms with Gasteiger partial charge in [-0.05, 0) is 23.8 Å². The summed E-state index contributed by atoms with van der Waals surface area (Å²) < 4.78 is 0. The molecular weight excluding hydrogens is 360 g/mol. The molecule has 27 heavy (non-hydrogen) atoms. The van der Waals surface area contributed by atoms with E-state index < -0.39 is 6.04 Å². The minimum atomic E-state index is -0.398. The Kier molecular flexibility index (Phi) is 4.65. The van der Waals surface area contributed by atoms with Crippen LogP contribution in [0.2, 0.25) is 5.02 Å². The van der Waals surface area contributed by atoms with Gasteiger partial charge >= 0.3 is 0 Å². The first kappa shape index (κ1) is 17.3. The van der Waals surface area contributed by atoms with Gasteiger partial charge in [0.05, 0.1) is 22.3 Å². The Morgan fingerprint density at radius 2 is 1.63 bits per heavy atom. The average molecular weight is 377 g/mol. The van der Waals surface area contributed by atoms with Gasteiger partial charge in [0.2, 0.25) is 0 Å². The lowest BCUT2D eigenvalue weighted by atomic mass is 9.97. The van der Waals surface area contributed by atoms with Crippen molar-refractivity contribution in [1.82, 2.24) is 5.01 Å². The highest BCUT2D eigenvalue weighted by molar-refractivity contribution is 6.33. The van der Waals surface area contributed by atoms with Crippen molar-refractivity contribution in [2.45, 2.75) is 12.5 Å². The van der Waals surface area contributed by atoms with Crippen LogP contribution < -0.4 is 0 Å². The molecule has 0 spiro atoms. The second kappa shape index (κ2) is 7.25. The SMILES string of the molecule is O=C(c1ccccc1Cl)N1N=C(c2ccccc2)CC1c1ccccc1O. The highest BCUT2D eigenvalue weighted by Gasteiger charge is 2.35. The number of phenolic OH excluding ortho intramolecular Hbond substituents is 1. The molecule has 4 rings (SSSR count). The van der Waals surface area contributed by atoms with Gasteiger partial charge in [0.1, 0.15) is 5.75 Å². The smallest absolute Gasteiger partial charge is 0.276 e. The maximum Gasteiger partial charge on any atom is 0.276 e. The number of hydrogen-bond acceptors (Lipinski definition) is 3. The predicted molar refractivity (Wildman–Crippen MR) is 106 cm³/mol. The summed E-state index contributed by atoms with van der Waals surface area (Å²) >= 11 is 6.23. The van der Waals surface area contributed by atoms with E-state index in [1.807, 2.05) is 42.5 Å². The molecule has 0 fully saturated rings. The van der Waals surface area contributed by atoms with Crippen LogP contribution in [0.5, 0.6) is 5.75 Å². The van der Waals surface area contributed by atoms with E-state index in [4.69, 9.17) is 11.6 Å². The maximum absolute atomic E-state index is 13.2. The van der Waals surface area contributed by atoms with Crippen LogP contribution in [0.3, 0.4) is 0 Å². The Bertz CT molecular complexity index is 1020. The summed E-state index contributed by atoms with van der Waals surface area (Å²) in [5.74, 6) is -0.149. The molecular formula is C22H17ClN2O2. The van der Waals surface area contributed by atoms with Crippen LogP contribution in [0.15, 0.2) is 84.0 Å². The number of hydrazone groups is 1. The van der Waals surface area contributed by atoms with Gasteiger partial charge < -0.3 is 5.11 Å². The van der Waals surface area contributed by atoms with E-state index >= 15 is 0 Å². The molecule has 1 atom stereocenters. The number of carbonyl (C=O) groups is 1. The fraction of sp³-hybridized carbons (Fsp3) is 0.0909. The number of benzene rings is 3. The number of rotatable bonds is 3. The highest BCUT2D eigenvalue weighted by Crippen LogP contribution is 2.38. The summed E-state index contributed by atoms with van der Waals surface area (Å²) in [5.41, 5.74) is 2.79. The monoisotopic (exact) mass is 376 g/mol. The quantitative estimate of drug-likeness (QED) is 0.696. The Hall–Kier alpha value is -3.11. The van der Waals surface area contributed by atoms with Crippen molar-refractivity contribution in [1.29, 1.82) is 0 Å². The number of amides is 1. The number of hydrogen-bond donors (Lipinski definition) is 1. The number of aromatic hydroxyl groups is 1. The molecule has 0 aromatic heterocycles. The third kappa shape index (κ3) is 3.32. The van der Waals surface area contributed by atoms with Crippen LogP contribution in [0.4, 0.5) is 0 Å². The zero-order valence-corrected chi connectivity index (χ0v) is 15.2. The van der Waals surface area contributed by atoms with Crippen molar-refractivity contribution >= 4 is 23.2 Å². The lowest BCUT2D eigenvalue weighted by Gasteiger charge is -2.23. The average Bonchev–Trinajstić information content (AvgIpc) is 3.14. The molecule has 0 radical (unpaired) electrons. The molecule has 0 bridgehead atoms. The van der Waals surface area contributed by atoms with Gasteiger partial charge in [-0.3, -0.25) is 4.79 Å². The van der Waals surface area contributed by atoms with Gasteiger partial charge in [-0.25, -0.2) is 5.01 Å². The first-order chi connectivity index (χ1) is 13.1. The van der Waals surface area contributed by atoms with E-state index in [9.17, 15) is 9.90 Å². The van der Waals surface area contributed by atoms with Crippen LogP contribution in [0.25, 0.3) is 0 Å². The van der Waals surface area contributed by atoms with E-state index in [0.29, 0.717) is 22.6 Å². The molecule has 3 aromatic rings. The van der Waals surface area contributed by atoms with E-state index in [2.05, 4.69) is 5.10 Å². The van der Waals surface area contributed by atoms with E-state index in [1.165, 1.54) is 5.01 Å². The molecule has 0 aliphatic carbocycles. The number of carbonyl (C=O) groups excluding carboxylic acids is 1. The van der Waals surface area contributed by atoms with Gasteiger partial charge in [-0.2, -0.15) is 5.10 Å². The van der Waals surface area contributed by atoms with Gasteiger partial charge in [0.25, 0.3) is 5.91 Å². The Morgan fingerprint density at radius 3 is 2.37 bits per heavy atom. The lowest BCUT2D eigenvalue weighted by molar-refractivity contribution is 0.0710. The van der Waals surface area contributed by atoms with Gasteiger partial charge in [-0.15, -0.1) is 0 Å². The van der Waals surface area contributed by atoms with Crippen LogP contribution in [-0.2, 0) is 0 Å². The van der Waals surface area contributed by atoms with E-state index in [-0.39, 0.29) is 11.7 Å². The molecule has 5 heteroatoms. The first-order valence-corrected chi connectivity index (χ1v) is 9.02. The predicted octanol–water partition coefficient (Wildman–Crippen LogP) is 5.04. The molecule has 1 heterocycles. The topological polar surface area (TPSA) is 52.9 Å². The molecule has 0 saturated heterocycles. The standard InChI is InChI=1S/C22H17ClN2O2/c23-18-12-6-4-10-16(18)22(27)25-20(17-11-5-7-13-21(17)26)14-19(24-25)15-8-2-1-3-9-15/h1-13,20,26H,14H2. The van der Waals surface area contributed by atoms with Crippen molar-refractivity contribution in [3.8, 4) is 5.75 Å². The van der Waals surface area contributed by atoms with Crippen molar-refractivity contribution in [3.63, 3.8) is 0 Å². The van der Waals surface area contributed by atoms with Crippen LogP contribution in [0, 0.1) is 0 Å². The van der Waals surface area contributed by atoms with Crippen LogP contribution in [0.1, 0.15) is 33.9 Å². The molecule has 1 amide bonds. The third-order valence-corrected chi connectivity index (χ3v) is 4.96. The van der Waals surface area contributed by atoms with Crippen molar-refractivity contribution in [2.75, 3.05) is 0 Å². The summed E-state index contributed by atoms with van der Waals surface area (Å²) in [6.45, 7) is 0. The summed E-state index contributed by atoms with van der Waals surface area (Å²) in [5, 5.41) is 16.7. The molecule has 4 nitrogen and oxygen atoms in total. The van der Waals surface area contributed by atoms with E-state index in [1.54, 1.807) is 36.4 Å². The summed E-state index contributed by atoms with van der Waals surface area (Å²) in [7, 11) is 0. The maximum atomic E-state index is 13.2. The molecule has 3 aromatic carbocycles. The van der Waals surface area contributed by atoms with Crippen molar-refractivity contribution < 1.29 is 9.90 Å². The zero-order valence-electron chi connectivity index (χ0n) is 14.4. The molecule has 1 aliphatic rings. The molecule has 1 unspecified atom stereocenters. The molecule has 1 N–H and O–H groups in total. The highest BCUT2D eigenvalue weighted by atomic mass is 35.5. The summed E-state index contributed by atoms with van der Waals surface area (Å²) in [6, 6.07) is 23.3. The van der Waals surface area contributed by atoms with Crippen LogP contribution >= 0.6 is 11.6 Å². The van der Waals surface area contributed by atoms with Gasteiger partial charge in [0, 0.05) is 12.0 Å². The first-order valence-electron chi connectivity index (χ1n) is 8.64. The Morgan fingerprint density at radius 1 is 0.963 bits per heavy atom. The summed E-state index contributed by atoms with van der Waals surface area (Å²) in [4.78, 5) is 13.2. The minimum Gasteiger partial charge on any atom is -0.508 e. The largest absolute Gasteiger partial charge is 0.508 e. The van der Waals surface area contributed by atoms with E-state index in [0.717, 1.165) is 11.3 Å². The second-order valence-electron chi connectivity index (χ2n) is 6.32. The Labute approximate surface area is 162 Å². The lowest BCUT2D eigenvalue weighted by Crippen LogP contribution is -2.27. The van der Waals surface area contributed by atoms with Crippen molar-refractivity contribution in [3.05, 3.63) is 101 Å². The minimum absolute atomic E-state index is 0.143. The molecule has 134 valence electrons. The fourth-order valence-corrected chi connectivity index (χ4v) is 3.49. The molecule has 1 aliphatic heterocycles. The Balaban J connectivity index is 1.78. The zero-order chi connectivity index (χ0) is 18.8. The second-order valence-corrected chi connectivity index (χ2v) is 6.73. The van der Waals surface area contributed by atoms with Gasteiger partial charge in [-0.1, -0.05) is 72.3 Å².